The van der Waals surface area contributed by atoms with Gasteiger partial charge >= 0.3 is 5.97 Å². The molecule has 0 bridgehead atoms. The third-order valence-electron chi connectivity index (χ3n) is 2.64. The average Bonchev–Trinajstić information content (AvgIpc) is 2.38. The van der Waals surface area contributed by atoms with Crippen molar-refractivity contribution in [3.8, 4) is 0 Å². The average molecular weight is 314 g/mol. The lowest BCUT2D eigenvalue weighted by atomic mass is 10.1. The van der Waals surface area contributed by atoms with E-state index in [0.717, 1.165) is 10.0 Å². The molecule has 98 valence electrons. The number of amides is 1. The molecule has 0 fully saturated rings. The molecule has 1 amide bonds. The van der Waals surface area contributed by atoms with Gasteiger partial charge in [-0.1, -0.05) is 12.1 Å². The number of hydrogen-bond acceptors (Lipinski definition) is 3. The molecule has 0 aromatic heterocycles. The van der Waals surface area contributed by atoms with Gasteiger partial charge in [0, 0.05) is 11.0 Å². The Labute approximate surface area is 115 Å². The van der Waals surface area contributed by atoms with Gasteiger partial charge in [0.2, 0.25) is 0 Å². The minimum absolute atomic E-state index is 0.0355. The molecule has 0 aliphatic rings. The number of methoxy groups -OCH3 is 1. The number of rotatable bonds is 4. The van der Waals surface area contributed by atoms with Crippen molar-refractivity contribution in [2.45, 2.75) is 13.8 Å². The van der Waals surface area contributed by atoms with Crippen LogP contribution >= 0.6 is 15.9 Å². The van der Waals surface area contributed by atoms with Crippen molar-refractivity contribution in [1.82, 2.24) is 4.90 Å². The van der Waals surface area contributed by atoms with Gasteiger partial charge in [-0.25, -0.2) is 0 Å². The monoisotopic (exact) mass is 313 g/mol. The molecule has 0 atom stereocenters. The van der Waals surface area contributed by atoms with E-state index in [2.05, 4.69) is 20.7 Å². The van der Waals surface area contributed by atoms with Crippen molar-refractivity contribution >= 4 is 27.8 Å². The summed E-state index contributed by atoms with van der Waals surface area (Å²) in [5.41, 5.74) is 1.54. The summed E-state index contributed by atoms with van der Waals surface area (Å²) in [5, 5.41) is 0. The SMILES string of the molecule is CCN(CC(=O)OC)C(=O)c1cccc(C)c1Br. The van der Waals surface area contributed by atoms with Gasteiger partial charge in [-0.3, -0.25) is 9.59 Å². The van der Waals surface area contributed by atoms with Crippen molar-refractivity contribution < 1.29 is 14.3 Å². The van der Waals surface area contributed by atoms with Crippen LogP contribution in [0.5, 0.6) is 0 Å². The minimum atomic E-state index is -0.422. The van der Waals surface area contributed by atoms with Crippen LogP contribution in [0, 0.1) is 6.92 Å². The lowest BCUT2D eigenvalue weighted by Crippen LogP contribution is -2.36. The largest absolute Gasteiger partial charge is 0.468 e. The predicted molar refractivity (Wildman–Crippen MR) is 72.5 cm³/mol. The standard InChI is InChI=1S/C13H16BrNO3/c1-4-15(8-11(16)18-3)13(17)10-7-5-6-9(2)12(10)14/h5-7H,4,8H2,1-3H3. The number of carbonyl (C=O) groups is 2. The van der Waals surface area contributed by atoms with Gasteiger partial charge in [0.25, 0.3) is 5.91 Å². The minimum Gasteiger partial charge on any atom is -0.468 e. The molecule has 18 heavy (non-hydrogen) atoms. The van der Waals surface area contributed by atoms with E-state index in [1.165, 1.54) is 12.0 Å². The summed E-state index contributed by atoms with van der Waals surface area (Å²) in [6.07, 6.45) is 0. The fourth-order valence-corrected chi connectivity index (χ4v) is 1.96. The van der Waals surface area contributed by atoms with Crippen molar-refractivity contribution in [2.75, 3.05) is 20.2 Å². The van der Waals surface area contributed by atoms with Crippen LogP contribution in [0.15, 0.2) is 22.7 Å². The van der Waals surface area contributed by atoms with Gasteiger partial charge in [0.05, 0.1) is 12.7 Å². The molecule has 0 radical (unpaired) electrons. The zero-order valence-corrected chi connectivity index (χ0v) is 12.3. The number of ether oxygens (including phenoxy) is 1. The molecule has 0 saturated carbocycles. The molecule has 1 aromatic rings. The summed E-state index contributed by atoms with van der Waals surface area (Å²) >= 11 is 3.40. The fourth-order valence-electron chi connectivity index (χ4n) is 1.53. The van der Waals surface area contributed by atoms with Gasteiger partial charge in [-0.05, 0) is 41.4 Å². The number of carbonyl (C=O) groups excluding carboxylic acids is 2. The second kappa shape index (κ2) is 6.54. The van der Waals surface area contributed by atoms with Crippen molar-refractivity contribution in [3.63, 3.8) is 0 Å². The van der Waals surface area contributed by atoms with Gasteiger partial charge in [-0.15, -0.1) is 0 Å². The Balaban J connectivity index is 2.97. The molecule has 4 nitrogen and oxygen atoms in total. The van der Waals surface area contributed by atoms with Crippen LogP contribution in [0.4, 0.5) is 0 Å². The van der Waals surface area contributed by atoms with E-state index in [1.807, 2.05) is 26.0 Å². The maximum atomic E-state index is 12.3. The zero-order valence-electron chi connectivity index (χ0n) is 10.7. The lowest BCUT2D eigenvalue weighted by molar-refractivity contribution is -0.141. The summed E-state index contributed by atoms with van der Waals surface area (Å²) in [6.45, 7) is 4.16. The van der Waals surface area contributed by atoms with Crippen molar-refractivity contribution in [2.24, 2.45) is 0 Å². The van der Waals surface area contributed by atoms with Crippen LogP contribution in [-0.2, 0) is 9.53 Å². The van der Waals surface area contributed by atoms with Crippen molar-refractivity contribution in [3.05, 3.63) is 33.8 Å². The Morgan fingerprint density at radius 3 is 2.61 bits per heavy atom. The first kappa shape index (κ1) is 14.7. The summed E-state index contributed by atoms with van der Waals surface area (Å²) < 4.78 is 5.34. The Bertz CT molecular complexity index is 460. The third-order valence-corrected chi connectivity index (χ3v) is 3.69. The summed E-state index contributed by atoms with van der Waals surface area (Å²) in [7, 11) is 1.31. The highest BCUT2D eigenvalue weighted by atomic mass is 79.9. The molecule has 0 unspecified atom stereocenters. The van der Waals surface area contributed by atoms with E-state index in [-0.39, 0.29) is 12.5 Å². The van der Waals surface area contributed by atoms with E-state index in [0.29, 0.717) is 12.1 Å². The molecular weight excluding hydrogens is 298 g/mol. The van der Waals surface area contributed by atoms with E-state index in [4.69, 9.17) is 0 Å². The summed E-state index contributed by atoms with van der Waals surface area (Å²) in [4.78, 5) is 25.0. The second-order valence-electron chi connectivity index (χ2n) is 3.83. The van der Waals surface area contributed by atoms with E-state index in [1.54, 1.807) is 6.07 Å². The highest BCUT2D eigenvalue weighted by Gasteiger charge is 2.20. The van der Waals surface area contributed by atoms with Crippen LogP contribution < -0.4 is 0 Å². The normalized spacial score (nSPS) is 10.0. The number of nitrogens with zero attached hydrogens (tertiary/aromatic N) is 1. The molecule has 0 N–H and O–H groups in total. The van der Waals surface area contributed by atoms with E-state index in [9.17, 15) is 9.59 Å². The van der Waals surface area contributed by atoms with Crippen LogP contribution in [0.1, 0.15) is 22.8 Å². The van der Waals surface area contributed by atoms with Gasteiger partial charge in [-0.2, -0.15) is 0 Å². The smallest absolute Gasteiger partial charge is 0.325 e. The lowest BCUT2D eigenvalue weighted by Gasteiger charge is -2.20. The molecule has 1 aromatic carbocycles. The molecule has 0 saturated heterocycles. The molecule has 0 aliphatic carbocycles. The molecule has 0 heterocycles. The Hall–Kier alpha value is -1.36. The highest BCUT2D eigenvalue weighted by Crippen LogP contribution is 2.22. The first-order valence-corrected chi connectivity index (χ1v) is 6.41. The fraction of sp³-hybridized carbons (Fsp3) is 0.385. The number of esters is 1. The van der Waals surface area contributed by atoms with Crippen LogP contribution in [-0.4, -0.2) is 37.0 Å². The molecule has 1 rings (SSSR count). The molecule has 0 aliphatic heterocycles. The van der Waals surface area contributed by atoms with Crippen LogP contribution in [0.25, 0.3) is 0 Å². The van der Waals surface area contributed by atoms with Crippen molar-refractivity contribution in [1.29, 1.82) is 0 Å². The van der Waals surface area contributed by atoms with Gasteiger partial charge in [0.15, 0.2) is 0 Å². The van der Waals surface area contributed by atoms with E-state index < -0.39 is 5.97 Å². The highest BCUT2D eigenvalue weighted by molar-refractivity contribution is 9.10. The summed E-state index contributed by atoms with van der Waals surface area (Å²) in [5.74, 6) is -0.604. The number of aryl methyl sites for hydroxylation is 1. The first-order valence-electron chi connectivity index (χ1n) is 5.62. The van der Waals surface area contributed by atoms with Gasteiger partial charge < -0.3 is 9.64 Å². The second-order valence-corrected chi connectivity index (χ2v) is 4.62. The predicted octanol–water partition coefficient (Wildman–Crippen LogP) is 2.39. The Morgan fingerprint density at radius 1 is 1.39 bits per heavy atom. The topological polar surface area (TPSA) is 46.6 Å². The molecule has 5 heteroatoms. The number of halogens is 1. The number of likely N-dealkylation sites (N-methyl/N-ethyl adjacent to an activating group) is 1. The number of benzene rings is 1. The quantitative estimate of drug-likeness (QED) is 0.802. The maximum Gasteiger partial charge on any atom is 0.325 e. The Morgan fingerprint density at radius 2 is 2.06 bits per heavy atom. The molecule has 0 spiro atoms. The maximum absolute atomic E-state index is 12.3. The first-order chi connectivity index (χ1) is 8.51. The third kappa shape index (κ3) is 3.32. The van der Waals surface area contributed by atoms with E-state index >= 15 is 0 Å². The van der Waals surface area contributed by atoms with Gasteiger partial charge in [0.1, 0.15) is 6.54 Å². The van der Waals surface area contributed by atoms with Crippen LogP contribution in [0.3, 0.4) is 0 Å². The summed E-state index contributed by atoms with van der Waals surface area (Å²) in [6, 6.07) is 5.47. The molecular formula is C13H16BrNO3. The number of hydrogen-bond donors (Lipinski definition) is 0. The van der Waals surface area contributed by atoms with Crippen LogP contribution in [0.2, 0.25) is 0 Å². The zero-order chi connectivity index (χ0) is 13.7. The Kier molecular flexibility index (Phi) is 5.34.